The lowest BCUT2D eigenvalue weighted by molar-refractivity contribution is -0.118. The lowest BCUT2D eigenvalue weighted by Gasteiger charge is -2.19. The molecule has 1 aromatic carbocycles. The molecule has 10 heteroatoms. The van der Waals surface area contributed by atoms with Crippen LogP contribution < -0.4 is 20.3 Å². The van der Waals surface area contributed by atoms with Gasteiger partial charge in [0, 0.05) is 18.3 Å². The number of carbonyl (C=O) groups excluding carboxylic acids is 2. The quantitative estimate of drug-likeness (QED) is 0.504. The van der Waals surface area contributed by atoms with Crippen LogP contribution in [0.15, 0.2) is 54.7 Å². The summed E-state index contributed by atoms with van der Waals surface area (Å²) >= 11 is 0. The number of aromatic nitrogens is 2. The molecule has 0 bridgehead atoms. The average Bonchev–Trinajstić information content (AvgIpc) is 3.26. The largest absolute Gasteiger partial charge is 0.480 e. The van der Waals surface area contributed by atoms with Gasteiger partial charge < -0.3 is 20.1 Å². The predicted molar refractivity (Wildman–Crippen MR) is 127 cm³/mol. The third-order valence-corrected chi connectivity index (χ3v) is 5.71. The van der Waals surface area contributed by atoms with Crippen molar-refractivity contribution in [2.24, 2.45) is 0 Å². The number of nitrogens with one attached hydrogen (secondary N) is 2. The Bertz CT molecular complexity index is 1320. The maximum Gasteiger partial charge on any atom is 0.415 e. The normalized spacial score (nSPS) is 16.7. The van der Waals surface area contributed by atoms with E-state index in [0.29, 0.717) is 54.7 Å². The van der Waals surface area contributed by atoms with Crippen LogP contribution in [0.1, 0.15) is 17.5 Å². The molecule has 10 nitrogen and oxygen atoms in total. The van der Waals surface area contributed by atoms with Gasteiger partial charge in [0.25, 0.3) is 5.91 Å². The summed E-state index contributed by atoms with van der Waals surface area (Å²) in [6.07, 6.45) is 1.56. The van der Waals surface area contributed by atoms with Gasteiger partial charge in [0.05, 0.1) is 17.8 Å². The van der Waals surface area contributed by atoms with E-state index in [4.69, 9.17) is 9.47 Å². The summed E-state index contributed by atoms with van der Waals surface area (Å²) < 4.78 is 10.8. The summed E-state index contributed by atoms with van der Waals surface area (Å²) in [5.41, 5.74) is 3.15. The number of ether oxygens (including phenoxy) is 2. The van der Waals surface area contributed by atoms with Gasteiger partial charge in [-0.25, -0.2) is 9.78 Å². The summed E-state index contributed by atoms with van der Waals surface area (Å²) in [6, 6.07) is 16.9. The van der Waals surface area contributed by atoms with E-state index >= 15 is 0 Å². The highest BCUT2D eigenvalue weighted by Gasteiger charge is 2.33. The minimum Gasteiger partial charge on any atom is -0.480 e. The third kappa shape index (κ3) is 4.90. The van der Waals surface area contributed by atoms with Crippen LogP contribution >= 0.6 is 0 Å². The maximum atomic E-state index is 12.4. The first kappa shape index (κ1) is 22.3. The fourth-order valence-corrected chi connectivity index (χ4v) is 4.01. The molecule has 0 saturated carbocycles. The van der Waals surface area contributed by atoms with Crippen molar-refractivity contribution in [2.75, 3.05) is 29.9 Å². The van der Waals surface area contributed by atoms with Crippen molar-refractivity contribution in [1.82, 2.24) is 15.3 Å². The Morgan fingerprint density at radius 3 is 3.00 bits per heavy atom. The smallest absolute Gasteiger partial charge is 0.415 e. The van der Waals surface area contributed by atoms with Crippen LogP contribution in [0.25, 0.3) is 11.3 Å². The third-order valence-electron chi connectivity index (χ3n) is 5.71. The van der Waals surface area contributed by atoms with Crippen molar-refractivity contribution in [3.63, 3.8) is 0 Å². The standard InChI is InChI=1S/C25H22N6O4/c26-12-18-5-2-9-28-23(18)17-4-1-3-16(11-17)13-27-10-8-19-14-31(25(33)35-19)21-7-6-20-24(29-21)30-22(32)15-34-20/h1-7,9,11,19,27H,8,10,13-15H2,(H,29,30,32). The molecule has 0 radical (unpaired) electrons. The molecule has 5 rings (SSSR count). The molecule has 1 atom stereocenters. The zero-order chi connectivity index (χ0) is 24.2. The van der Waals surface area contributed by atoms with Crippen molar-refractivity contribution in [3.05, 3.63) is 65.9 Å². The van der Waals surface area contributed by atoms with Crippen LogP contribution in [-0.2, 0) is 16.1 Å². The Kier molecular flexibility index (Phi) is 6.24. The number of benzene rings is 1. The summed E-state index contributed by atoms with van der Waals surface area (Å²) in [5.74, 6) is 0.883. The number of anilines is 2. The predicted octanol–water partition coefficient (Wildman–Crippen LogP) is 2.85. The number of hydrogen-bond donors (Lipinski definition) is 2. The van der Waals surface area contributed by atoms with Crippen molar-refractivity contribution in [2.45, 2.75) is 19.1 Å². The van der Waals surface area contributed by atoms with E-state index in [-0.39, 0.29) is 18.6 Å². The maximum absolute atomic E-state index is 12.4. The van der Waals surface area contributed by atoms with E-state index in [1.807, 2.05) is 24.3 Å². The molecule has 2 aliphatic rings. The summed E-state index contributed by atoms with van der Waals surface area (Å²) in [6.45, 7) is 1.58. The SMILES string of the molecule is N#Cc1cccnc1-c1cccc(CNCCC2CN(c3ccc4c(n3)NC(=O)CO4)C(=O)O2)c1. The second-order valence-corrected chi connectivity index (χ2v) is 8.15. The van der Waals surface area contributed by atoms with Crippen LogP contribution in [0.3, 0.4) is 0 Å². The van der Waals surface area contributed by atoms with Crippen molar-refractivity contribution >= 4 is 23.6 Å². The van der Waals surface area contributed by atoms with Gasteiger partial charge in [0.15, 0.2) is 18.2 Å². The number of amides is 2. The summed E-state index contributed by atoms with van der Waals surface area (Å²) in [5, 5.41) is 15.4. The van der Waals surface area contributed by atoms with Crippen LogP contribution in [0.4, 0.5) is 16.4 Å². The van der Waals surface area contributed by atoms with E-state index in [1.165, 1.54) is 4.90 Å². The molecular weight excluding hydrogens is 448 g/mol. The van der Waals surface area contributed by atoms with Gasteiger partial charge in [0.1, 0.15) is 18.0 Å². The lowest BCUT2D eigenvalue weighted by atomic mass is 10.0. The highest BCUT2D eigenvalue weighted by Crippen LogP contribution is 2.30. The molecule has 1 unspecified atom stereocenters. The number of nitriles is 1. The molecule has 0 spiro atoms. The monoisotopic (exact) mass is 470 g/mol. The molecule has 2 aliphatic heterocycles. The fourth-order valence-electron chi connectivity index (χ4n) is 4.01. The Hall–Kier alpha value is -4.49. The second kappa shape index (κ2) is 9.79. The highest BCUT2D eigenvalue weighted by molar-refractivity contribution is 5.95. The number of nitrogens with zero attached hydrogens (tertiary/aromatic N) is 4. The molecule has 0 aliphatic carbocycles. The van der Waals surface area contributed by atoms with Gasteiger partial charge in [-0.15, -0.1) is 0 Å². The Balaban J connectivity index is 1.14. The number of hydrogen-bond acceptors (Lipinski definition) is 8. The Labute approximate surface area is 201 Å². The minimum absolute atomic E-state index is 0.0524. The minimum atomic E-state index is -0.470. The van der Waals surface area contributed by atoms with Gasteiger partial charge in [-0.3, -0.25) is 14.7 Å². The molecule has 35 heavy (non-hydrogen) atoms. The van der Waals surface area contributed by atoms with Crippen LogP contribution in [0.2, 0.25) is 0 Å². The molecule has 1 fully saturated rings. The van der Waals surface area contributed by atoms with Crippen molar-refractivity contribution in [3.8, 4) is 23.1 Å². The molecule has 4 heterocycles. The lowest BCUT2D eigenvalue weighted by Crippen LogP contribution is -2.29. The first-order valence-corrected chi connectivity index (χ1v) is 11.2. The zero-order valence-electron chi connectivity index (χ0n) is 18.7. The van der Waals surface area contributed by atoms with E-state index in [0.717, 1.165) is 11.1 Å². The van der Waals surface area contributed by atoms with Crippen LogP contribution in [0, 0.1) is 11.3 Å². The number of carbonyl (C=O) groups is 2. The van der Waals surface area contributed by atoms with Crippen LogP contribution in [-0.4, -0.2) is 47.8 Å². The van der Waals surface area contributed by atoms with Gasteiger partial charge >= 0.3 is 6.09 Å². The Morgan fingerprint density at radius 2 is 2.11 bits per heavy atom. The number of rotatable bonds is 7. The fraction of sp³-hybridized carbons (Fsp3) is 0.240. The van der Waals surface area contributed by atoms with Gasteiger partial charge in [0.2, 0.25) is 0 Å². The molecule has 3 aromatic rings. The molecule has 2 N–H and O–H groups in total. The van der Waals surface area contributed by atoms with E-state index < -0.39 is 6.09 Å². The molecule has 176 valence electrons. The average molecular weight is 470 g/mol. The summed E-state index contributed by atoms with van der Waals surface area (Å²) in [4.78, 5) is 34.1. The molecule has 1 saturated heterocycles. The van der Waals surface area contributed by atoms with E-state index in [9.17, 15) is 14.9 Å². The topological polar surface area (TPSA) is 129 Å². The Morgan fingerprint density at radius 1 is 1.20 bits per heavy atom. The van der Waals surface area contributed by atoms with Crippen molar-refractivity contribution < 1.29 is 19.1 Å². The zero-order valence-corrected chi connectivity index (χ0v) is 18.7. The van der Waals surface area contributed by atoms with Gasteiger partial charge in [-0.05, 0) is 48.9 Å². The summed E-state index contributed by atoms with van der Waals surface area (Å²) in [7, 11) is 0. The molecular formula is C25H22N6O4. The van der Waals surface area contributed by atoms with E-state index in [2.05, 4.69) is 26.7 Å². The number of cyclic esters (lactones) is 1. The van der Waals surface area contributed by atoms with Gasteiger partial charge in [-0.2, -0.15) is 5.26 Å². The van der Waals surface area contributed by atoms with Crippen LogP contribution in [0.5, 0.6) is 5.75 Å². The van der Waals surface area contributed by atoms with Crippen molar-refractivity contribution in [1.29, 1.82) is 5.26 Å². The first-order chi connectivity index (χ1) is 17.1. The molecule has 2 aromatic heterocycles. The number of pyridine rings is 2. The number of fused-ring (bicyclic) bond motifs is 1. The second-order valence-electron chi connectivity index (χ2n) is 8.15. The highest BCUT2D eigenvalue weighted by atomic mass is 16.6. The first-order valence-electron chi connectivity index (χ1n) is 11.2. The molecule has 2 amide bonds. The van der Waals surface area contributed by atoms with E-state index in [1.54, 1.807) is 30.5 Å². The van der Waals surface area contributed by atoms with Gasteiger partial charge in [-0.1, -0.05) is 18.2 Å².